The predicted octanol–water partition coefficient (Wildman–Crippen LogP) is 2.44. The summed E-state index contributed by atoms with van der Waals surface area (Å²) >= 11 is 0. The van der Waals surface area contributed by atoms with Crippen molar-refractivity contribution in [1.82, 2.24) is 0 Å². The third kappa shape index (κ3) is 2.77. The minimum Gasteiger partial charge on any atom is -0.497 e. The highest BCUT2D eigenvalue weighted by Gasteiger charge is 2.16. The highest BCUT2D eigenvalue weighted by Crippen LogP contribution is 2.26. The molecule has 0 N–H and O–H groups in total. The zero-order chi connectivity index (χ0) is 13.8. The maximum Gasteiger partial charge on any atom is 0.197 e. The van der Waals surface area contributed by atoms with E-state index in [1.54, 1.807) is 31.4 Å². The summed E-state index contributed by atoms with van der Waals surface area (Å²) in [7, 11) is 5.69. The summed E-state index contributed by atoms with van der Waals surface area (Å²) in [4.78, 5) is 12.5. The predicted molar refractivity (Wildman–Crippen MR) is 78.8 cm³/mol. The molecule has 1 atom stereocenters. The maximum absolute atomic E-state index is 12.5. The molecule has 98 valence electrons. The van der Waals surface area contributed by atoms with E-state index in [9.17, 15) is 4.79 Å². The van der Waals surface area contributed by atoms with Crippen LogP contribution in [0.2, 0.25) is 0 Å². The lowest BCUT2D eigenvalue weighted by atomic mass is 10.0. The van der Waals surface area contributed by atoms with Crippen LogP contribution in [-0.4, -0.2) is 20.0 Å². The van der Waals surface area contributed by atoms with E-state index in [0.717, 1.165) is 5.30 Å². The Balaban J connectivity index is 2.47. The van der Waals surface area contributed by atoms with E-state index in [1.165, 1.54) is 7.11 Å². The molecular weight excluding hydrogens is 259 g/mol. The summed E-state index contributed by atoms with van der Waals surface area (Å²) in [6.07, 6.45) is 0. The second-order valence-electron chi connectivity index (χ2n) is 3.98. The Morgan fingerprint density at radius 1 is 1.00 bits per heavy atom. The molecule has 3 nitrogen and oxygen atoms in total. The molecule has 0 aliphatic heterocycles. The Labute approximate surface area is 114 Å². The molecule has 2 aromatic carbocycles. The number of rotatable bonds is 4. The Hall–Kier alpha value is -1.86. The van der Waals surface area contributed by atoms with Gasteiger partial charge in [0.1, 0.15) is 11.5 Å². The number of methoxy groups -OCH3 is 2. The summed E-state index contributed by atoms with van der Waals surface area (Å²) in [5.41, 5.74) is 1.18. The molecule has 2 aromatic rings. The molecule has 0 fully saturated rings. The summed E-state index contributed by atoms with van der Waals surface area (Å²) in [5.74, 6) is 1.11. The van der Waals surface area contributed by atoms with Crippen LogP contribution < -0.4 is 14.8 Å². The lowest BCUT2D eigenvalue weighted by Gasteiger charge is -2.10. The van der Waals surface area contributed by atoms with Gasteiger partial charge in [0.2, 0.25) is 0 Å². The molecule has 0 aliphatic carbocycles. The van der Waals surface area contributed by atoms with Crippen LogP contribution in [0.5, 0.6) is 11.5 Å². The van der Waals surface area contributed by atoms with Crippen molar-refractivity contribution in [2.75, 3.05) is 14.2 Å². The van der Waals surface area contributed by atoms with E-state index in [-0.39, 0.29) is 5.78 Å². The molecule has 0 heterocycles. The molecule has 2 rings (SSSR count). The first kappa shape index (κ1) is 13.6. The van der Waals surface area contributed by atoms with Crippen molar-refractivity contribution < 1.29 is 14.3 Å². The molecule has 0 saturated carbocycles. The molecule has 4 heteroatoms. The molecule has 0 amide bonds. The molecular formula is C15H15O3P. The summed E-state index contributed by atoms with van der Waals surface area (Å²) in [6.45, 7) is 0. The van der Waals surface area contributed by atoms with Gasteiger partial charge in [-0.05, 0) is 17.4 Å². The topological polar surface area (TPSA) is 35.5 Å². The largest absolute Gasteiger partial charge is 0.497 e. The van der Waals surface area contributed by atoms with Crippen molar-refractivity contribution in [2.45, 2.75) is 0 Å². The third-order valence-electron chi connectivity index (χ3n) is 2.86. The Morgan fingerprint density at radius 3 is 2.37 bits per heavy atom. The quantitative estimate of drug-likeness (QED) is 0.634. The van der Waals surface area contributed by atoms with Crippen LogP contribution in [0.15, 0.2) is 42.5 Å². The number of benzene rings is 2. The number of hydrogen-bond donors (Lipinski definition) is 0. The van der Waals surface area contributed by atoms with Crippen LogP contribution in [0.25, 0.3) is 0 Å². The fourth-order valence-corrected chi connectivity index (χ4v) is 2.17. The van der Waals surface area contributed by atoms with Gasteiger partial charge in [0.15, 0.2) is 5.78 Å². The van der Waals surface area contributed by atoms with Gasteiger partial charge >= 0.3 is 0 Å². The van der Waals surface area contributed by atoms with Crippen LogP contribution in [0.1, 0.15) is 15.9 Å². The lowest BCUT2D eigenvalue weighted by Crippen LogP contribution is -2.11. The Bertz CT molecular complexity index is 608. The van der Waals surface area contributed by atoms with Crippen molar-refractivity contribution >= 4 is 20.3 Å². The highest BCUT2D eigenvalue weighted by atomic mass is 31.0. The number of carbonyl (C=O) groups excluding carboxylic acids is 1. The SMILES string of the molecule is COc1ccc(C(=O)c2ccccc2P)c(OC)c1. The first-order chi connectivity index (χ1) is 9.17. The maximum atomic E-state index is 12.5. The molecule has 0 radical (unpaired) electrons. The lowest BCUT2D eigenvalue weighted by molar-refractivity contribution is 0.103. The van der Waals surface area contributed by atoms with Gasteiger partial charge in [0.05, 0.1) is 19.8 Å². The van der Waals surface area contributed by atoms with E-state index in [1.807, 2.05) is 18.2 Å². The molecule has 19 heavy (non-hydrogen) atoms. The van der Waals surface area contributed by atoms with Crippen LogP contribution >= 0.6 is 9.24 Å². The molecule has 0 spiro atoms. The summed E-state index contributed by atoms with van der Waals surface area (Å²) < 4.78 is 10.4. The smallest absolute Gasteiger partial charge is 0.197 e. The molecule has 1 unspecified atom stereocenters. The average molecular weight is 274 g/mol. The van der Waals surface area contributed by atoms with E-state index < -0.39 is 0 Å². The van der Waals surface area contributed by atoms with Gasteiger partial charge in [0.25, 0.3) is 0 Å². The van der Waals surface area contributed by atoms with Crippen LogP contribution in [0.3, 0.4) is 0 Å². The van der Waals surface area contributed by atoms with Crippen molar-refractivity contribution in [2.24, 2.45) is 0 Å². The van der Waals surface area contributed by atoms with Crippen LogP contribution in [0.4, 0.5) is 0 Å². The normalized spacial score (nSPS) is 10.1. The first-order valence-electron chi connectivity index (χ1n) is 5.78. The number of carbonyl (C=O) groups is 1. The average Bonchev–Trinajstić information content (AvgIpc) is 2.46. The van der Waals surface area contributed by atoms with Gasteiger partial charge in [-0.3, -0.25) is 4.79 Å². The van der Waals surface area contributed by atoms with Crippen LogP contribution in [0, 0.1) is 0 Å². The van der Waals surface area contributed by atoms with Gasteiger partial charge in [-0.2, -0.15) is 0 Å². The van der Waals surface area contributed by atoms with Crippen molar-refractivity contribution in [3.05, 3.63) is 53.6 Å². The Morgan fingerprint density at radius 2 is 1.74 bits per heavy atom. The van der Waals surface area contributed by atoms with E-state index in [4.69, 9.17) is 9.47 Å². The molecule has 0 aromatic heterocycles. The molecule has 0 bridgehead atoms. The van der Waals surface area contributed by atoms with E-state index in [0.29, 0.717) is 22.6 Å². The second-order valence-corrected chi connectivity index (χ2v) is 4.60. The number of ether oxygens (including phenoxy) is 2. The van der Waals surface area contributed by atoms with Crippen molar-refractivity contribution in [3.63, 3.8) is 0 Å². The number of ketones is 1. The van der Waals surface area contributed by atoms with Crippen LogP contribution in [-0.2, 0) is 0 Å². The first-order valence-corrected chi connectivity index (χ1v) is 6.36. The van der Waals surface area contributed by atoms with Crippen molar-refractivity contribution in [1.29, 1.82) is 0 Å². The van der Waals surface area contributed by atoms with Gasteiger partial charge in [-0.15, -0.1) is 9.24 Å². The molecule has 0 aliphatic rings. The van der Waals surface area contributed by atoms with Gasteiger partial charge < -0.3 is 9.47 Å². The summed E-state index contributed by atoms with van der Waals surface area (Å²) in [5, 5.41) is 0.866. The van der Waals surface area contributed by atoms with E-state index in [2.05, 4.69) is 9.24 Å². The van der Waals surface area contributed by atoms with Crippen molar-refractivity contribution in [3.8, 4) is 11.5 Å². The minimum atomic E-state index is -0.0647. The minimum absolute atomic E-state index is 0.0647. The third-order valence-corrected chi connectivity index (χ3v) is 3.36. The summed E-state index contributed by atoms with van der Waals surface area (Å²) in [6, 6.07) is 12.6. The Kier molecular flexibility index (Phi) is 4.18. The molecule has 0 saturated heterocycles. The fraction of sp³-hybridized carbons (Fsp3) is 0.133. The zero-order valence-electron chi connectivity index (χ0n) is 10.8. The monoisotopic (exact) mass is 274 g/mol. The van der Waals surface area contributed by atoms with E-state index >= 15 is 0 Å². The van der Waals surface area contributed by atoms with Gasteiger partial charge in [0, 0.05) is 11.6 Å². The second kappa shape index (κ2) is 5.85. The fourth-order valence-electron chi connectivity index (χ4n) is 1.83. The van der Waals surface area contributed by atoms with Gasteiger partial charge in [-0.25, -0.2) is 0 Å². The van der Waals surface area contributed by atoms with Gasteiger partial charge in [-0.1, -0.05) is 24.3 Å². The zero-order valence-corrected chi connectivity index (χ0v) is 12.0. The standard InChI is InChI=1S/C15H15O3P/c1-17-10-7-8-11(13(9-10)18-2)15(16)12-5-3-4-6-14(12)19/h3-9H,19H2,1-2H3. The highest BCUT2D eigenvalue weighted by molar-refractivity contribution is 7.27. The number of hydrogen-bond acceptors (Lipinski definition) is 3.